The molecule has 1 unspecified atom stereocenters. The molecule has 3 nitrogen and oxygen atoms in total. The van der Waals surface area contributed by atoms with Crippen molar-refractivity contribution in [2.24, 2.45) is 0 Å². The average molecular weight is 387 g/mol. The van der Waals surface area contributed by atoms with E-state index in [9.17, 15) is 8.78 Å². The zero-order valence-corrected chi connectivity index (χ0v) is 12.4. The predicted octanol–water partition coefficient (Wildman–Crippen LogP) is 3.88. The first kappa shape index (κ1) is 14.3. The van der Waals surface area contributed by atoms with Crippen LogP contribution in [0.4, 0.5) is 14.5 Å². The third-order valence-corrected chi connectivity index (χ3v) is 3.61. The molecule has 1 atom stereocenters. The van der Waals surface area contributed by atoms with Gasteiger partial charge < -0.3 is 4.90 Å². The van der Waals surface area contributed by atoms with Gasteiger partial charge in [0, 0.05) is 18.3 Å². The van der Waals surface area contributed by atoms with E-state index in [4.69, 9.17) is 6.70 Å². The largest absolute Gasteiger partial charge is 0.366 e. The molecule has 1 aromatic rings. The number of hydrogen-bond donors (Lipinski definition) is 0. The highest BCUT2D eigenvalue weighted by molar-refractivity contribution is 14.1. The molecule has 18 heavy (non-hydrogen) atoms. The number of nitrogens with zero attached hydrogens (tertiary/aromatic N) is 1. The highest BCUT2D eigenvalue weighted by Crippen LogP contribution is 2.28. The number of rotatable bonds is 5. The summed E-state index contributed by atoms with van der Waals surface area (Å²) in [7, 11) is 0. The van der Waals surface area contributed by atoms with Gasteiger partial charge in [0.2, 0.25) is 0 Å². The molecule has 1 heterocycles. The lowest BCUT2D eigenvalue weighted by molar-refractivity contribution is 0.322. The van der Waals surface area contributed by atoms with E-state index >= 15 is 0 Å². The van der Waals surface area contributed by atoms with E-state index in [0.717, 1.165) is 37.8 Å². The molecule has 1 aromatic carbocycles. The Hall–Kier alpha value is -0.120. The van der Waals surface area contributed by atoms with Crippen molar-refractivity contribution in [2.75, 3.05) is 18.1 Å². The lowest BCUT2D eigenvalue weighted by Crippen LogP contribution is -2.32. The molecular weight excluding hydrogens is 375 g/mol. The molecule has 0 aromatic heterocycles. The molecule has 0 amide bonds. The molecule has 0 N–H and O–H groups in total. The quantitative estimate of drug-likeness (QED) is 0.434. The molecule has 0 bridgehead atoms. The maximum atomic E-state index is 13.2. The van der Waals surface area contributed by atoms with Crippen LogP contribution in [0.5, 0.6) is 0 Å². The van der Waals surface area contributed by atoms with Crippen molar-refractivity contribution in [1.29, 1.82) is 0 Å². The number of hydrogen-bond acceptors (Lipinski definition) is 4. The number of halogens is 3. The normalized spacial score (nSPS) is 19.5. The van der Waals surface area contributed by atoms with Gasteiger partial charge in [-0.05, 0) is 25.0 Å². The molecular formula is C11H12F2INO2S. The summed E-state index contributed by atoms with van der Waals surface area (Å²) >= 11 is 2.63. The van der Waals surface area contributed by atoms with E-state index in [2.05, 4.69) is 0 Å². The minimum Gasteiger partial charge on any atom is -0.366 e. The summed E-state index contributed by atoms with van der Waals surface area (Å²) in [6.45, 7) is 1.25. The first-order valence-corrected chi connectivity index (χ1v) is 7.05. The van der Waals surface area contributed by atoms with Crippen LogP contribution < -0.4 is 4.90 Å². The van der Waals surface area contributed by atoms with Crippen molar-refractivity contribution in [3.05, 3.63) is 29.8 Å². The SMILES string of the molecule is Fc1cc(F)cc(N2CCCC2COSOI)c1. The average Bonchev–Trinajstić information content (AvgIpc) is 2.76. The van der Waals surface area contributed by atoms with Gasteiger partial charge in [0.05, 0.1) is 12.6 Å². The fraction of sp³-hybridized carbons (Fsp3) is 0.455. The van der Waals surface area contributed by atoms with Gasteiger partial charge in [-0.3, -0.25) is 4.18 Å². The third-order valence-electron chi connectivity index (χ3n) is 2.89. The van der Waals surface area contributed by atoms with E-state index in [1.165, 1.54) is 12.1 Å². The van der Waals surface area contributed by atoms with Gasteiger partial charge >= 0.3 is 0 Å². The van der Waals surface area contributed by atoms with Gasteiger partial charge in [-0.25, -0.2) is 11.3 Å². The molecule has 7 heteroatoms. The van der Waals surface area contributed by atoms with E-state index in [0.29, 0.717) is 12.3 Å². The highest BCUT2D eigenvalue weighted by Gasteiger charge is 2.25. The summed E-state index contributed by atoms with van der Waals surface area (Å²) in [4.78, 5) is 1.97. The Labute approximate surface area is 123 Å². The lowest BCUT2D eigenvalue weighted by atomic mass is 10.2. The summed E-state index contributed by atoms with van der Waals surface area (Å²) in [5.74, 6) is -1.11. The fourth-order valence-electron chi connectivity index (χ4n) is 2.18. The second-order valence-corrected chi connectivity index (χ2v) is 5.61. The maximum Gasteiger partial charge on any atom is 0.169 e. The van der Waals surface area contributed by atoms with E-state index < -0.39 is 11.6 Å². The van der Waals surface area contributed by atoms with E-state index in [1.807, 2.05) is 4.90 Å². The Balaban J connectivity index is 2.05. The smallest absolute Gasteiger partial charge is 0.169 e. The molecule has 1 saturated heterocycles. The van der Waals surface area contributed by atoms with Crippen LogP contribution in [-0.2, 0) is 6.70 Å². The van der Waals surface area contributed by atoms with Gasteiger partial charge in [-0.2, -0.15) is 0 Å². The molecule has 2 rings (SSSR count). The Morgan fingerprint density at radius 1 is 1.33 bits per heavy atom. The molecule has 0 saturated carbocycles. The van der Waals surface area contributed by atoms with Crippen LogP contribution in [0.25, 0.3) is 0 Å². The molecule has 0 radical (unpaired) electrons. The summed E-state index contributed by atoms with van der Waals surface area (Å²) in [5, 5.41) is 0. The zero-order valence-electron chi connectivity index (χ0n) is 9.44. The Morgan fingerprint density at radius 2 is 2.06 bits per heavy atom. The summed E-state index contributed by atoms with van der Waals surface area (Å²) in [6, 6.07) is 3.71. The van der Waals surface area contributed by atoms with Crippen LogP contribution in [0, 0.1) is 11.6 Å². The topological polar surface area (TPSA) is 21.7 Å². The second-order valence-electron chi connectivity index (χ2n) is 4.03. The third kappa shape index (κ3) is 3.69. The van der Waals surface area contributed by atoms with Crippen molar-refractivity contribution >= 4 is 41.0 Å². The van der Waals surface area contributed by atoms with Crippen molar-refractivity contribution < 1.29 is 15.5 Å². The first-order chi connectivity index (χ1) is 8.70. The minimum atomic E-state index is -0.554. The molecule has 1 aliphatic rings. The molecule has 0 spiro atoms. The standard InChI is InChI=1S/C11H12F2INO2S/c12-8-4-9(13)6-11(5-8)15-3-1-2-10(15)7-16-18-17-14/h4-6,10H,1-3,7H2. The number of anilines is 1. The number of benzene rings is 1. The van der Waals surface area contributed by atoms with E-state index in [-0.39, 0.29) is 6.04 Å². The Morgan fingerprint density at radius 3 is 2.72 bits per heavy atom. The Bertz CT molecular complexity index is 390. The molecule has 0 aliphatic carbocycles. The summed E-state index contributed by atoms with van der Waals surface area (Å²) < 4.78 is 36.3. The molecule has 100 valence electrons. The monoisotopic (exact) mass is 387 g/mol. The van der Waals surface area contributed by atoms with Crippen LogP contribution in [0.3, 0.4) is 0 Å². The van der Waals surface area contributed by atoms with Crippen LogP contribution in [0.1, 0.15) is 12.8 Å². The van der Waals surface area contributed by atoms with Gasteiger partial charge in [0.1, 0.15) is 34.6 Å². The van der Waals surface area contributed by atoms with Crippen LogP contribution >= 0.6 is 35.3 Å². The van der Waals surface area contributed by atoms with Crippen LogP contribution in [0.2, 0.25) is 0 Å². The summed E-state index contributed by atoms with van der Waals surface area (Å²) in [6.07, 6.45) is 1.93. The van der Waals surface area contributed by atoms with Crippen molar-refractivity contribution in [2.45, 2.75) is 18.9 Å². The molecule has 1 fully saturated rings. The van der Waals surface area contributed by atoms with Gasteiger partial charge in [0.15, 0.2) is 12.3 Å². The van der Waals surface area contributed by atoms with Crippen molar-refractivity contribution in [3.8, 4) is 0 Å². The highest BCUT2D eigenvalue weighted by atomic mass is 127. The Kier molecular flexibility index (Phi) is 5.46. The van der Waals surface area contributed by atoms with E-state index in [1.54, 1.807) is 23.0 Å². The van der Waals surface area contributed by atoms with Crippen molar-refractivity contribution in [3.63, 3.8) is 0 Å². The predicted molar refractivity (Wildman–Crippen MR) is 75.4 cm³/mol. The van der Waals surface area contributed by atoms with Gasteiger partial charge in [0.25, 0.3) is 0 Å². The maximum absolute atomic E-state index is 13.2. The van der Waals surface area contributed by atoms with Gasteiger partial charge in [-0.1, -0.05) is 0 Å². The molecule has 1 aliphatic heterocycles. The summed E-state index contributed by atoms with van der Waals surface area (Å²) in [5.41, 5.74) is 0.569. The van der Waals surface area contributed by atoms with Crippen LogP contribution in [0.15, 0.2) is 18.2 Å². The lowest BCUT2D eigenvalue weighted by Gasteiger charge is -2.26. The first-order valence-electron chi connectivity index (χ1n) is 5.50. The van der Waals surface area contributed by atoms with Crippen molar-refractivity contribution in [1.82, 2.24) is 0 Å². The fourth-order valence-corrected chi connectivity index (χ4v) is 2.74. The second kappa shape index (κ2) is 6.88. The zero-order chi connectivity index (χ0) is 13.0. The van der Waals surface area contributed by atoms with Gasteiger partial charge in [-0.15, -0.1) is 0 Å². The van der Waals surface area contributed by atoms with Crippen LogP contribution in [-0.4, -0.2) is 19.2 Å². The minimum absolute atomic E-state index is 0.130.